The lowest BCUT2D eigenvalue weighted by Crippen LogP contribution is -2.03. The van der Waals surface area contributed by atoms with Crippen molar-refractivity contribution >= 4 is 16.9 Å². The summed E-state index contributed by atoms with van der Waals surface area (Å²) in [7, 11) is 0. The van der Waals surface area contributed by atoms with Gasteiger partial charge in [-0.3, -0.25) is 9.48 Å². The summed E-state index contributed by atoms with van der Waals surface area (Å²) in [6.07, 6.45) is 1.79. The van der Waals surface area contributed by atoms with Crippen molar-refractivity contribution in [2.24, 2.45) is 0 Å². The molecule has 0 radical (unpaired) electrons. The largest absolute Gasteiger partial charge is 0.481 e. The van der Waals surface area contributed by atoms with Gasteiger partial charge in [0.1, 0.15) is 0 Å². The molecule has 2 rings (SSSR count). The van der Waals surface area contributed by atoms with Crippen LogP contribution in [0.25, 0.3) is 10.9 Å². The molecule has 0 aliphatic carbocycles. The molecule has 0 amide bonds. The van der Waals surface area contributed by atoms with Gasteiger partial charge in [0.15, 0.2) is 0 Å². The van der Waals surface area contributed by atoms with Crippen molar-refractivity contribution in [3.8, 4) is 0 Å². The maximum atomic E-state index is 10.7. The average Bonchev–Trinajstić information content (AvgIpc) is 2.61. The van der Waals surface area contributed by atoms with E-state index in [1.807, 2.05) is 22.9 Å². The number of benzene rings is 1. The third-order valence-corrected chi connectivity index (χ3v) is 2.56. The second-order valence-electron chi connectivity index (χ2n) is 4.10. The van der Waals surface area contributed by atoms with Crippen LogP contribution in [0.4, 0.5) is 0 Å². The molecule has 1 N–H and O–H groups in total. The van der Waals surface area contributed by atoms with Crippen molar-refractivity contribution in [2.45, 2.75) is 26.3 Å². The number of aromatic nitrogens is 2. The Hall–Kier alpha value is -1.84. The van der Waals surface area contributed by atoms with Crippen LogP contribution in [-0.4, -0.2) is 20.9 Å². The third-order valence-electron chi connectivity index (χ3n) is 2.56. The predicted octanol–water partition coefficient (Wildman–Crippen LogP) is 2.24. The molecule has 0 bridgehead atoms. The van der Waals surface area contributed by atoms with Crippen LogP contribution >= 0.6 is 0 Å². The van der Waals surface area contributed by atoms with E-state index in [9.17, 15) is 4.79 Å². The zero-order valence-electron chi connectivity index (χ0n) is 9.34. The topological polar surface area (TPSA) is 55.1 Å². The summed E-state index contributed by atoms with van der Waals surface area (Å²) < 4.78 is 1.90. The lowest BCUT2D eigenvalue weighted by Gasteiger charge is -2.07. The summed E-state index contributed by atoms with van der Waals surface area (Å²) in [6.45, 7) is 4.10. The Morgan fingerprint density at radius 2 is 2.25 bits per heavy atom. The fraction of sp³-hybridized carbons (Fsp3) is 0.333. The van der Waals surface area contributed by atoms with E-state index in [-0.39, 0.29) is 12.5 Å². The molecule has 1 aromatic carbocycles. The Kier molecular flexibility index (Phi) is 2.64. The molecule has 16 heavy (non-hydrogen) atoms. The summed E-state index contributed by atoms with van der Waals surface area (Å²) >= 11 is 0. The van der Waals surface area contributed by atoms with E-state index < -0.39 is 5.97 Å². The summed E-state index contributed by atoms with van der Waals surface area (Å²) in [6, 6.07) is 5.95. The van der Waals surface area contributed by atoms with Crippen LogP contribution in [0.2, 0.25) is 0 Å². The van der Waals surface area contributed by atoms with Crippen molar-refractivity contribution in [1.82, 2.24) is 9.78 Å². The predicted molar refractivity (Wildman–Crippen MR) is 61.5 cm³/mol. The highest BCUT2D eigenvalue weighted by atomic mass is 16.4. The van der Waals surface area contributed by atoms with E-state index in [0.717, 1.165) is 16.5 Å². The van der Waals surface area contributed by atoms with E-state index in [1.165, 1.54) is 0 Å². The maximum absolute atomic E-state index is 10.7. The lowest BCUT2D eigenvalue weighted by atomic mass is 10.1. The average molecular weight is 218 g/mol. The molecule has 0 atom stereocenters. The van der Waals surface area contributed by atoms with Crippen molar-refractivity contribution in [2.75, 3.05) is 0 Å². The van der Waals surface area contributed by atoms with Crippen LogP contribution in [0.3, 0.4) is 0 Å². The molecule has 2 aromatic rings. The van der Waals surface area contributed by atoms with Crippen molar-refractivity contribution in [3.63, 3.8) is 0 Å². The van der Waals surface area contributed by atoms with Gasteiger partial charge < -0.3 is 5.11 Å². The number of carboxylic acids is 1. The number of nitrogens with zero attached hydrogens (tertiary/aromatic N) is 2. The van der Waals surface area contributed by atoms with E-state index >= 15 is 0 Å². The minimum absolute atomic E-state index is 0.0428. The number of hydrogen-bond acceptors (Lipinski definition) is 2. The zero-order chi connectivity index (χ0) is 11.7. The Morgan fingerprint density at radius 3 is 2.88 bits per heavy atom. The highest BCUT2D eigenvalue weighted by Gasteiger charge is 2.10. The Labute approximate surface area is 93.5 Å². The highest BCUT2D eigenvalue weighted by molar-refractivity contribution is 5.86. The SMILES string of the molecule is CC(C)n1ncc2c(CC(=O)O)cccc21. The summed E-state index contributed by atoms with van der Waals surface area (Å²) in [5, 5.41) is 14.0. The van der Waals surface area contributed by atoms with Gasteiger partial charge in [0.25, 0.3) is 0 Å². The normalized spacial score (nSPS) is 11.2. The van der Waals surface area contributed by atoms with Crippen LogP contribution in [0.15, 0.2) is 24.4 Å². The van der Waals surface area contributed by atoms with Gasteiger partial charge in [-0.25, -0.2) is 0 Å². The first-order valence-electron chi connectivity index (χ1n) is 5.26. The Morgan fingerprint density at radius 1 is 1.50 bits per heavy atom. The third kappa shape index (κ3) is 1.78. The van der Waals surface area contributed by atoms with Crippen LogP contribution < -0.4 is 0 Å². The number of fused-ring (bicyclic) bond motifs is 1. The van der Waals surface area contributed by atoms with Crippen LogP contribution in [0, 0.1) is 0 Å². The number of carbonyl (C=O) groups is 1. The molecule has 0 saturated carbocycles. The molecule has 0 fully saturated rings. The van der Waals surface area contributed by atoms with Crippen LogP contribution in [-0.2, 0) is 11.2 Å². The fourth-order valence-corrected chi connectivity index (χ4v) is 1.86. The molecule has 0 unspecified atom stereocenters. The Bertz CT molecular complexity index is 529. The van der Waals surface area contributed by atoms with E-state index in [0.29, 0.717) is 0 Å². The molecule has 1 heterocycles. The second-order valence-corrected chi connectivity index (χ2v) is 4.10. The first kappa shape index (κ1) is 10.7. The van der Waals surface area contributed by atoms with E-state index in [4.69, 9.17) is 5.11 Å². The van der Waals surface area contributed by atoms with Gasteiger partial charge in [-0.15, -0.1) is 0 Å². The number of hydrogen-bond donors (Lipinski definition) is 1. The smallest absolute Gasteiger partial charge is 0.307 e. The lowest BCUT2D eigenvalue weighted by molar-refractivity contribution is -0.136. The molecule has 84 valence electrons. The van der Waals surface area contributed by atoms with Crippen LogP contribution in [0.5, 0.6) is 0 Å². The molecule has 4 nitrogen and oxygen atoms in total. The van der Waals surface area contributed by atoms with Crippen molar-refractivity contribution < 1.29 is 9.90 Å². The molecule has 0 aliphatic heterocycles. The van der Waals surface area contributed by atoms with Crippen LogP contribution in [0.1, 0.15) is 25.5 Å². The minimum atomic E-state index is -0.815. The van der Waals surface area contributed by atoms with Gasteiger partial charge in [-0.1, -0.05) is 12.1 Å². The number of rotatable bonds is 3. The van der Waals surface area contributed by atoms with Gasteiger partial charge in [0.2, 0.25) is 0 Å². The summed E-state index contributed by atoms with van der Waals surface area (Å²) in [5.41, 5.74) is 1.81. The molecule has 4 heteroatoms. The Balaban J connectivity index is 2.57. The van der Waals surface area contributed by atoms with Gasteiger partial charge in [-0.05, 0) is 25.5 Å². The number of carboxylic acid groups (broad SMARTS) is 1. The molecule has 1 aromatic heterocycles. The van der Waals surface area contributed by atoms with Crippen molar-refractivity contribution in [3.05, 3.63) is 30.0 Å². The summed E-state index contributed by atoms with van der Waals surface area (Å²) in [5.74, 6) is -0.815. The monoisotopic (exact) mass is 218 g/mol. The first-order chi connectivity index (χ1) is 7.59. The number of aliphatic carboxylic acids is 1. The molecular formula is C12H14N2O2. The van der Waals surface area contributed by atoms with Gasteiger partial charge in [0, 0.05) is 11.4 Å². The standard InChI is InChI=1S/C12H14N2O2/c1-8(2)14-11-5-3-4-9(6-12(15)16)10(11)7-13-14/h3-5,7-8H,6H2,1-2H3,(H,15,16). The summed E-state index contributed by atoms with van der Waals surface area (Å²) in [4.78, 5) is 10.7. The quantitative estimate of drug-likeness (QED) is 0.859. The molecule has 0 aliphatic rings. The van der Waals surface area contributed by atoms with E-state index in [1.54, 1.807) is 6.20 Å². The first-order valence-corrected chi connectivity index (χ1v) is 5.26. The van der Waals surface area contributed by atoms with E-state index in [2.05, 4.69) is 18.9 Å². The second kappa shape index (κ2) is 3.96. The molecule has 0 saturated heterocycles. The highest BCUT2D eigenvalue weighted by Crippen LogP contribution is 2.21. The maximum Gasteiger partial charge on any atom is 0.307 e. The van der Waals surface area contributed by atoms with Crippen molar-refractivity contribution in [1.29, 1.82) is 0 Å². The zero-order valence-corrected chi connectivity index (χ0v) is 9.34. The van der Waals surface area contributed by atoms with Gasteiger partial charge >= 0.3 is 5.97 Å². The minimum Gasteiger partial charge on any atom is -0.481 e. The molecular weight excluding hydrogens is 204 g/mol. The van der Waals surface area contributed by atoms with Gasteiger partial charge in [0.05, 0.1) is 18.1 Å². The van der Waals surface area contributed by atoms with Gasteiger partial charge in [-0.2, -0.15) is 5.10 Å². The molecule has 0 spiro atoms. The fourth-order valence-electron chi connectivity index (χ4n) is 1.86.